The van der Waals surface area contributed by atoms with Crippen molar-refractivity contribution in [2.75, 3.05) is 50.2 Å². The molecule has 0 aliphatic rings. The molecule has 0 aromatic heterocycles. The molecule has 292 valence electrons. The van der Waals surface area contributed by atoms with Crippen molar-refractivity contribution in [3.63, 3.8) is 0 Å². The van der Waals surface area contributed by atoms with Gasteiger partial charge in [-0.05, 0) is 76.2 Å². The van der Waals surface area contributed by atoms with E-state index in [9.17, 15) is 0 Å². The molecule has 0 radical (unpaired) electrons. The number of nitrogens with zero attached hydrogens (tertiary/aromatic N) is 6. The molecular formula is C38H54Cl2N10O2Pt. The van der Waals surface area contributed by atoms with E-state index < -0.39 is 0 Å². The molecule has 53 heavy (non-hydrogen) atoms. The molecule has 0 aliphatic carbocycles. The maximum atomic E-state index is 8.53. The maximum absolute atomic E-state index is 8.53. The van der Waals surface area contributed by atoms with Crippen LogP contribution in [0.25, 0.3) is 0 Å². The molecule has 4 aromatic carbocycles. The van der Waals surface area contributed by atoms with Gasteiger partial charge >= 0.3 is 21.1 Å². The van der Waals surface area contributed by atoms with Crippen LogP contribution in [0.2, 0.25) is 0 Å². The molecule has 0 amide bonds. The van der Waals surface area contributed by atoms with Gasteiger partial charge in [0.15, 0.2) is 0 Å². The van der Waals surface area contributed by atoms with Crippen LogP contribution in [-0.4, -0.2) is 84.2 Å². The number of hydrogen-bond acceptors (Lipinski definition) is 6. The Balaban J connectivity index is -0.000000820. The number of aliphatic hydroxyl groups excluding tert-OH is 2. The number of anilines is 2. The van der Waals surface area contributed by atoms with Crippen LogP contribution in [0.5, 0.6) is 0 Å². The van der Waals surface area contributed by atoms with Gasteiger partial charge in [0, 0.05) is 40.4 Å². The zero-order chi connectivity index (χ0) is 37.3. The Morgan fingerprint density at radius 2 is 0.717 bits per heavy atom. The number of aliphatic imine (C=N–C) groups is 2. The second kappa shape index (κ2) is 31.1. The largest absolute Gasteiger partial charge is 2.00 e. The predicted octanol–water partition coefficient (Wildman–Crippen LogP) is 0.0544. The molecule has 0 spiro atoms. The van der Waals surface area contributed by atoms with Gasteiger partial charge in [-0.15, -0.1) is 0 Å². The fraction of sp³-hybridized carbons (Fsp3) is 0.263. The third-order valence-corrected chi connectivity index (χ3v) is 7.04. The summed E-state index contributed by atoms with van der Waals surface area (Å²) in [6.45, 7) is 11.0. The Morgan fingerprint density at radius 1 is 0.491 bits per heavy atom. The molecule has 15 heteroatoms. The van der Waals surface area contributed by atoms with Gasteiger partial charge in [-0.3, -0.25) is 20.6 Å². The number of aliphatic hydroxyl groups is 2. The van der Waals surface area contributed by atoms with Crippen LogP contribution in [0.15, 0.2) is 131 Å². The minimum Gasteiger partial charge on any atom is -1.00 e. The second-order valence-electron chi connectivity index (χ2n) is 9.94. The minimum atomic E-state index is 0. The van der Waals surface area contributed by atoms with E-state index in [0.29, 0.717) is 11.9 Å². The smallest absolute Gasteiger partial charge is 1.00 e. The summed E-state index contributed by atoms with van der Waals surface area (Å²) in [5, 5.41) is 31.1. The summed E-state index contributed by atoms with van der Waals surface area (Å²) in [5.41, 5.74) is 15.6. The number of para-hydroxylation sites is 4. The molecule has 0 unspecified atom stereocenters. The minimum absolute atomic E-state index is 0. The molecule has 0 aliphatic heterocycles. The van der Waals surface area contributed by atoms with E-state index in [0.717, 1.165) is 63.1 Å². The molecule has 0 saturated carbocycles. The van der Waals surface area contributed by atoms with E-state index in [1.807, 2.05) is 159 Å². The zero-order valence-electron chi connectivity index (χ0n) is 31.2. The van der Waals surface area contributed by atoms with E-state index in [1.54, 1.807) is 9.80 Å². The van der Waals surface area contributed by atoms with Gasteiger partial charge in [0.2, 0.25) is 23.8 Å². The number of nitrogens with two attached hydrogens (primary N) is 2. The van der Waals surface area contributed by atoms with E-state index in [2.05, 4.69) is 9.98 Å². The van der Waals surface area contributed by atoms with Crippen molar-refractivity contribution in [3.05, 3.63) is 121 Å². The Bertz CT molecular complexity index is 1450. The number of benzene rings is 4. The Morgan fingerprint density at radius 3 is 0.943 bits per heavy atom. The standard InChI is InChI=1S/2C18H23N5.2CH4O.2ClH.Pt/c2*1-3-22(4-2)18(20)23(16-13-9-6-10-14-16)17(19)21-15-11-7-5-8-12-15;2*1-2;;;/h2*5-14,20H,3-4H2,1-2H3,(H2,19,21);2*2H,1H3;2*1H;/q;;;;;;+2/p-2. The monoisotopic (exact) mass is 947 g/mol. The number of halogens is 2. The summed E-state index contributed by atoms with van der Waals surface area (Å²) >= 11 is 0. The molecule has 4 rings (SSSR count). The molecule has 4 aromatic rings. The van der Waals surface area contributed by atoms with Crippen molar-refractivity contribution < 1.29 is 56.1 Å². The van der Waals surface area contributed by atoms with E-state index >= 15 is 0 Å². The number of guanidine groups is 4. The third kappa shape index (κ3) is 17.3. The fourth-order valence-electron chi connectivity index (χ4n) is 4.58. The molecule has 0 saturated heterocycles. The molecule has 0 atom stereocenters. The van der Waals surface area contributed by atoms with Crippen molar-refractivity contribution in [1.82, 2.24) is 9.80 Å². The van der Waals surface area contributed by atoms with Crippen LogP contribution >= 0.6 is 0 Å². The summed E-state index contributed by atoms with van der Waals surface area (Å²) in [6.07, 6.45) is 0. The molecule has 0 fully saturated rings. The van der Waals surface area contributed by atoms with Crippen molar-refractivity contribution in [1.29, 1.82) is 10.8 Å². The van der Waals surface area contributed by atoms with Crippen molar-refractivity contribution in [2.45, 2.75) is 27.7 Å². The topological polar surface area (TPSA) is 178 Å². The summed E-state index contributed by atoms with van der Waals surface area (Å²) in [7, 11) is 2.00. The second-order valence-corrected chi connectivity index (χ2v) is 9.94. The van der Waals surface area contributed by atoms with E-state index in [1.165, 1.54) is 0 Å². The van der Waals surface area contributed by atoms with Crippen LogP contribution in [-0.2, 0) is 21.1 Å². The van der Waals surface area contributed by atoms with Gasteiger partial charge in [-0.25, -0.2) is 9.98 Å². The predicted molar refractivity (Wildman–Crippen MR) is 211 cm³/mol. The van der Waals surface area contributed by atoms with Gasteiger partial charge in [0.25, 0.3) is 0 Å². The van der Waals surface area contributed by atoms with Gasteiger partial charge in [0.1, 0.15) is 0 Å². The first kappa shape index (κ1) is 52.9. The molecule has 12 nitrogen and oxygen atoms in total. The average Bonchev–Trinajstić information content (AvgIpc) is 3.16. The Kier molecular flexibility index (Phi) is 31.1. The number of hydrogen-bond donors (Lipinski definition) is 6. The fourth-order valence-corrected chi connectivity index (χ4v) is 4.58. The summed E-state index contributed by atoms with van der Waals surface area (Å²) < 4.78 is 0. The van der Waals surface area contributed by atoms with Crippen LogP contribution in [0.4, 0.5) is 22.7 Å². The summed E-state index contributed by atoms with van der Waals surface area (Å²) in [6, 6.07) is 38.3. The van der Waals surface area contributed by atoms with Crippen molar-refractivity contribution in [2.24, 2.45) is 21.5 Å². The Hall–Kier alpha value is -4.45. The molecule has 0 bridgehead atoms. The SMILES string of the molecule is CCN(CC)C(=N)N(C(N)=Nc1ccccc1)c1ccccc1.CCN(CC)C(=N)N(C(N)=Nc1ccccc1)c1ccccc1.CO.CO.[Cl-].[Cl-].[Pt+2]. The average molecular weight is 949 g/mol. The van der Waals surface area contributed by atoms with Gasteiger partial charge in [0.05, 0.1) is 22.7 Å². The van der Waals surface area contributed by atoms with E-state index in [-0.39, 0.29) is 57.8 Å². The first-order valence-corrected chi connectivity index (χ1v) is 16.4. The maximum Gasteiger partial charge on any atom is 2.00 e. The van der Waals surface area contributed by atoms with Crippen LogP contribution in [0.1, 0.15) is 27.7 Å². The van der Waals surface area contributed by atoms with E-state index in [4.69, 9.17) is 32.5 Å². The first-order valence-electron chi connectivity index (χ1n) is 16.4. The molecule has 0 heterocycles. The van der Waals surface area contributed by atoms with Gasteiger partial charge in [-0.1, -0.05) is 72.8 Å². The Labute approximate surface area is 342 Å². The van der Waals surface area contributed by atoms with Crippen molar-refractivity contribution >= 4 is 46.6 Å². The zero-order valence-corrected chi connectivity index (χ0v) is 35.0. The third-order valence-electron chi connectivity index (χ3n) is 7.04. The summed E-state index contributed by atoms with van der Waals surface area (Å²) in [4.78, 5) is 16.1. The molecule has 8 N–H and O–H groups in total. The number of nitrogens with one attached hydrogen (secondary N) is 2. The van der Waals surface area contributed by atoms with Crippen LogP contribution < -0.4 is 46.1 Å². The quantitative estimate of drug-likeness (QED) is 0.106. The summed E-state index contributed by atoms with van der Waals surface area (Å²) in [5.74, 6) is 1.19. The van der Waals surface area contributed by atoms with Crippen LogP contribution in [0.3, 0.4) is 0 Å². The van der Waals surface area contributed by atoms with Crippen LogP contribution in [0, 0.1) is 10.8 Å². The molecular weight excluding hydrogens is 894 g/mol. The van der Waals surface area contributed by atoms with Gasteiger partial charge < -0.3 is 56.3 Å². The number of rotatable bonds is 8. The van der Waals surface area contributed by atoms with Gasteiger partial charge in [-0.2, -0.15) is 0 Å². The van der Waals surface area contributed by atoms with Crippen molar-refractivity contribution in [3.8, 4) is 0 Å². The first-order chi connectivity index (χ1) is 24.3. The normalized spacial score (nSPS) is 9.89.